The van der Waals surface area contributed by atoms with Gasteiger partial charge >= 0.3 is 0 Å². The third-order valence-corrected chi connectivity index (χ3v) is 2.26. The minimum absolute atomic E-state index is 0.0831. The Morgan fingerprint density at radius 3 is 2.61 bits per heavy atom. The smallest absolute Gasteiger partial charge is 0.261 e. The van der Waals surface area contributed by atoms with Crippen LogP contribution in [-0.4, -0.2) is 19.6 Å². The number of nitriles is 1. The quantitative estimate of drug-likeness (QED) is 0.637. The summed E-state index contributed by atoms with van der Waals surface area (Å²) in [6.07, 6.45) is 2.50. The molecule has 0 fully saturated rings. The minimum Gasteiger partial charge on any atom is -0.494 e. The molecule has 0 atom stereocenters. The van der Waals surface area contributed by atoms with E-state index in [1.807, 2.05) is 37.3 Å². The summed E-state index contributed by atoms with van der Waals surface area (Å²) in [6.45, 7) is 2.72. The highest BCUT2D eigenvalue weighted by Crippen LogP contribution is 2.14. The number of hydrogen-bond donors (Lipinski definition) is 1. The summed E-state index contributed by atoms with van der Waals surface area (Å²) in [4.78, 5) is 11.3. The van der Waals surface area contributed by atoms with Crippen molar-refractivity contribution in [3.05, 3.63) is 35.4 Å². The van der Waals surface area contributed by atoms with Crippen LogP contribution >= 0.6 is 0 Å². The number of ether oxygens (including phenoxy) is 1. The second kappa shape index (κ2) is 7.13. The molecule has 1 amide bonds. The van der Waals surface area contributed by atoms with Gasteiger partial charge in [-0.3, -0.25) is 4.79 Å². The molecular formula is C14H16N2O2. The molecule has 0 aromatic heterocycles. The molecule has 0 radical (unpaired) electrons. The van der Waals surface area contributed by atoms with Gasteiger partial charge in [-0.05, 0) is 30.2 Å². The molecule has 1 rings (SSSR count). The van der Waals surface area contributed by atoms with Gasteiger partial charge in [-0.2, -0.15) is 5.26 Å². The molecule has 4 nitrogen and oxygen atoms in total. The molecular weight excluding hydrogens is 228 g/mol. The Balaban J connectivity index is 2.82. The van der Waals surface area contributed by atoms with Crippen LogP contribution in [0, 0.1) is 11.3 Å². The van der Waals surface area contributed by atoms with Crippen LogP contribution in [0.25, 0.3) is 6.08 Å². The van der Waals surface area contributed by atoms with Crippen LogP contribution in [0.2, 0.25) is 0 Å². The normalized spacial score (nSPS) is 10.6. The van der Waals surface area contributed by atoms with Gasteiger partial charge in [-0.25, -0.2) is 0 Å². The van der Waals surface area contributed by atoms with Crippen LogP contribution in [-0.2, 0) is 4.79 Å². The Morgan fingerprint density at radius 2 is 2.11 bits per heavy atom. The second-order valence-corrected chi connectivity index (χ2v) is 3.67. The molecule has 94 valence electrons. The molecule has 0 aliphatic carbocycles. The van der Waals surface area contributed by atoms with E-state index in [0.717, 1.165) is 17.7 Å². The zero-order valence-electron chi connectivity index (χ0n) is 10.6. The first-order chi connectivity index (χ1) is 8.71. The van der Waals surface area contributed by atoms with E-state index in [4.69, 9.17) is 10.00 Å². The maximum atomic E-state index is 11.3. The number of rotatable bonds is 5. The van der Waals surface area contributed by atoms with Gasteiger partial charge in [0.1, 0.15) is 17.4 Å². The summed E-state index contributed by atoms with van der Waals surface area (Å²) < 4.78 is 5.45. The van der Waals surface area contributed by atoms with Crippen molar-refractivity contribution < 1.29 is 9.53 Å². The predicted octanol–water partition coefficient (Wildman–Crippen LogP) is 2.13. The van der Waals surface area contributed by atoms with Crippen LogP contribution in [0.3, 0.4) is 0 Å². The fraction of sp³-hybridized carbons (Fsp3) is 0.286. The summed E-state index contributed by atoms with van der Waals surface area (Å²) in [6, 6.07) is 9.13. The van der Waals surface area contributed by atoms with Crippen LogP contribution in [0.1, 0.15) is 18.9 Å². The number of likely N-dealkylation sites (N-methyl/N-ethyl adjacent to an activating group) is 1. The fourth-order valence-electron chi connectivity index (χ4n) is 1.33. The zero-order valence-corrected chi connectivity index (χ0v) is 10.6. The number of hydrogen-bond acceptors (Lipinski definition) is 3. The number of benzene rings is 1. The maximum Gasteiger partial charge on any atom is 0.261 e. The van der Waals surface area contributed by atoms with E-state index < -0.39 is 0 Å². The molecule has 1 N–H and O–H groups in total. The largest absolute Gasteiger partial charge is 0.494 e. The lowest BCUT2D eigenvalue weighted by Gasteiger charge is -2.04. The average Bonchev–Trinajstić information content (AvgIpc) is 2.43. The number of carbonyl (C=O) groups excluding carboxylic acids is 1. The number of carbonyl (C=O) groups is 1. The van der Waals surface area contributed by atoms with Gasteiger partial charge in [0.05, 0.1) is 6.61 Å². The van der Waals surface area contributed by atoms with Crippen LogP contribution in [0.15, 0.2) is 29.8 Å². The summed E-state index contributed by atoms with van der Waals surface area (Å²) in [7, 11) is 1.50. The highest BCUT2D eigenvalue weighted by Gasteiger charge is 2.05. The van der Waals surface area contributed by atoms with Crippen molar-refractivity contribution in [1.29, 1.82) is 5.26 Å². The molecule has 18 heavy (non-hydrogen) atoms. The molecule has 0 heterocycles. The van der Waals surface area contributed by atoms with E-state index in [9.17, 15) is 4.79 Å². The van der Waals surface area contributed by atoms with Crippen molar-refractivity contribution in [2.45, 2.75) is 13.3 Å². The molecule has 0 bridgehead atoms. The highest BCUT2D eigenvalue weighted by molar-refractivity contribution is 6.01. The molecule has 0 saturated heterocycles. The van der Waals surface area contributed by atoms with Crippen molar-refractivity contribution in [2.75, 3.05) is 13.7 Å². The van der Waals surface area contributed by atoms with Crippen LogP contribution in [0.5, 0.6) is 5.75 Å². The van der Waals surface area contributed by atoms with Gasteiger partial charge in [0.15, 0.2) is 0 Å². The molecule has 4 heteroatoms. The van der Waals surface area contributed by atoms with E-state index in [-0.39, 0.29) is 11.5 Å². The van der Waals surface area contributed by atoms with E-state index in [2.05, 4.69) is 5.32 Å². The van der Waals surface area contributed by atoms with Crippen LogP contribution < -0.4 is 10.1 Å². The summed E-state index contributed by atoms with van der Waals surface area (Å²) in [5.74, 6) is 0.399. The van der Waals surface area contributed by atoms with Crippen molar-refractivity contribution in [2.24, 2.45) is 0 Å². The van der Waals surface area contributed by atoms with Crippen molar-refractivity contribution in [3.8, 4) is 11.8 Å². The Hall–Kier alpha value is -2.28. The lowest BCUT2D eigenvalue weighted by atomic mass is 10.1. The van der Waals surface area contributed by atoms with Crippen molar-refractivity contribution in [3.63, 3.8) is 0 Å². The minimum atomic E-state index is -0.385. The lowest BCUT2D eigenvalue weighted by molar-refractivity contribution is -0.116. The summed E-state index contributed by atoms with van der Waals surface area (Å²) in [5.41, 5.74) is 0.874. The van der Waals surface area contributed by atoms with E-state index in [0.29, 0.717) is 6.61 Å². The predicted molar refractivity (Wildman–Crippen MR) is 69.9 cm³/mol. The standard InChI is InChI=1S/C14H16N2O2/c1-3-8-18-13-6-4-11(5-7-13)9-12(10-15)14(17)16-2/h4-7,9H,3,8H2,1-2H3,(H,16,17)/b12-9+. The van der Waals surface area contributed by atoms with Gasteiger partial charge in [0, 0.05) is 7.05 Å². The van der Waals surface area contributed by atoms with Gasteiger partial charge < -0.3 is 10.1 Å². The fourth-order valence-corrected chi connectivity index (χ4v) is 1.33. The topological polar surface area (TPSA) is 62.1 Å². The molecule has 1 aromatic rings. The number of nitrogens with zero attached hydrogens (tertiary/aromatic N) is 1. The van der Waals surface area contributed by atoms with Gasteiger partial charge in [-0.1, -0.05) is 19.1 Å². The second-order valence-electron chi connectivity index (χ2n) is 3.67. The van der Waals surface area contributed by atoms with E-state index >= 15 is 0 Å². The Morgan fingerprint density at radius 1 is 1.44 bits per heavy atom. The molecule has 0 aliphatic rings. The van der Waals surface area contributed by atoms with E-state index in [1.165, 1.54) is 7.05 Å². The highest BCUT2D eigenvalue weighted by atomic mass is 16.5. The lowest BCUT2D eigenvalue weighted by Crippen LogP contribution is -2.19. The monoisotopic (exact) mass is 244 g/mol. The summed E-state index contributed by atoms with van der Waals surface area (Å²) >= 11 is 0. The average molecular weight is 244 g/mol. The molecule has 1 aromatic carbocycles. The van der Waals surface area contributed by atoms with Gasteiger partial charge in [-0.15, -0.1) is 0 Å². The number of amides is 1. The Bertz CT molecular complexity index is 470. The molecule has 0 unspecified atom stereocenters. The first-order valence-corrected chi connectivity index (χ1v) is 5.78. The third-order valence-electron chi connectivity index (χ3n) is 2.26. The van der Waals surface area contributed by atoms with Gasteiger partial charge in [0.25, 0.3) is 5.91 Å². The first kappa shape index (κ1) is 13.8. The maximum absolute atomic E-state index is 11.3. The molecule has 0 spiro atoms. The molecule has 0 aliphatic heterocycles. The number of nitrogens with one attached hydrogen (secondary N) is 1. The summed E-state index contributed by atoms with van der Waals surface area (Å²) in [5, 5.41) is 11.3. The van der Waals surface area contributed by atoms with Crippen molar-refractivity contribution in [1.82, 2.24) is 5.32 Å². The van der Waals surface area contributed by atoms with E-state index in [1.54, 1.807) is 6.08 Å². The first-order valence-electron chi connectivity index (χ1n) is 5.78. The Kier molecular flexibility index (Phi) is 5.46. The Labute approximate surface area is 107 Å². The molecule has 0 saturated carbocycles. The van der Waals surface area contributed by atoms with Gasteiger partial charge in [0.2, 0.25) is 0 Å². The van der Waals surface area contributed by atoms with Crippen molar-refractivity contribution >= 4 is 12.0 Å². The zero-order chi connectivity index (χ0) is 13.4. The van der Waals surface area contributed by atoms with Crippen LogP contribution in [0.4, 0.5) is 0 Å². The third kappa shape index (κ3) is 3.95. The SMILES string of the molecule is CCCOc1ccc(/C=C(\C#N)C(=O)NC)cc1.